The zero-order valence-electron chi connectivity index (χ0n) is 13.3. The first-order valence-corrected chi connectivity index (χ1v) is 7.81. The van der Waals surface area contributed by atoms with Crippen LogP contribution in [0.4, 0.5) is 0 Å². The fraction of sp³-hybridized carbons (Fsp3) is 0.389. The zero-order valence-corrected chi connectivity index (χ0v) is 14.1. The van der Waals surface area contributed by atoms with Crippen LogP contribution in [0.3, 0.4) is 0 Å². The molecular weight excluding hydrogens is 296 g/mol. The highest BCUT2D eigenvalue weighted by Crippen LogP contribution is 2.24. The molecule has 4 heteroatoms. The van der Waals surface area contributed by atoms with Gasteiger partial charge in [-0.3, -0.25) is 4.98 Å². The molecule has 2 aromatic rings. The molecule has 0 spiro atoms. The van der Waals surface area contributed by atoms with Crippen LogP contribution in [0.2, 0.25) is 5.02 Å². The molecule has 22 heavy (non-hydrogen) atoms. The summed E-state index contributed by atoms with van der Waals surface area (Å²) in [7, 11) is 0. The molecule has 1 aromatic carbocycles. The van der Waals surface area contributed by atoms with Crippen molar-refractivity contribution in [3.8, 4) is 5.75 Å². The van der Waals surface area contributed by atoms with Gasteiger partial charge < -0.3 is 10.5 Å². The van der Waals surface area contributed by atoms with Crippen LogP contribution in [0.5, 0.6) is 5.75 Å². The van der Waals surface area contributed by atoms with E-state index in [1.54, 1.807) is 6.20 Å². The Hall–Kier alpha value is -1.58. The van der Waals surface area contributed by atoms with E-state index in [-0.39, 0.29) is 11.5 Å². The van der Waals surface area contributed by atoms with Gasteiger partial charge in [-0.1, -0.05) is 44.5 Å². The lowest BCUT2D eigenvalue weighted by Crippen LogP contribution is -2.30. The highest BCUT2D eigenvalue weighted by Gasteiger charge is 2.15. The highest BCUT2D eigenvalue weighted by molar-refractivity contribution is 6.30. The van der Waals surface area contributed by atoms with Gasteiger partial charge in [-0.05, 0) is 41.2 Å². The molecule has 0 radical (unpaired) electrons. The lowest BCUT2D eigenvalue weighted by molar-refractivity contribution is 0.286. The number of hydrogen-bond acceptors (Lipinski definition) is 3. The van der Waals surface area contributed by atoms with Crippen molar-refractivity contribution < 1.29 is 4.74 Å². The van der Waals surface area contributed by atoms with Crippen LogP contribution in [0.1, 0.15) is 31.9 Å². The molecule has 3 nitrogen and oxygen atoms in total. The van der Waals surface area contributed by atoms with Crippen molar-refractivity contribution in [1.82, 2.24) is 4.98 Å². The first-order valence-electron chi connectivity index (χ1n) is 7.43. The second-order valence-corrected chi connectivity index (χ2v) is 7.00. The Morgan fingerprint density at radius 3 is 2.68 bits per heavy atom. The van der Waals surface area contributed by atoms with Crippen molar-refractivity contribution in [2.45, 2.75) is 38.6 Å². The Morgan fingerprint density at radius 1 is 1.23 bits per heavy atom. The third-order valence-electron chi connectivity index (χ3n) is 3.43. The van der Waals surface area contributed by atoms with E-state index in [4.69, 9.17) is 22.1 Å². The fourth-order valence-corrected chi connectivity index (χ4v) is 2.35. The summed E-state index contributed by atoms with van der Waals surface area (Å²) in [5.74, 6) is 0.758. The fourth-order valence-electron chi connectivity index (χ4n) is 2.14. The SMILES string of the molecule is CC(C)(C)c1cncc(OC[C@@H](N)Cc2cccc(Cl)c2)c1. The summed E-state index contributed by atoms with van der Waals surface area (Å²) in [6.07, 6.45) is 4.33. The molecule has 2 N–H and O–H groups in total. The van der Waals surface area contributed by atoms with Gasteiger partial charge in [0.05, 0.1) is 6.20 Å². The van der Waals surface area contributed by atoms with Gasteiger partial charge in [0.1, 0.15) is 12.4 Å². The predicted octanol–water partition coefficient (Wildman–Crippen LogP) is 3.98. The first-order chi connectivity index (χ1) is 10.3. The largest absolute Gasteiger partial charge is 0.490 e. The van der Waals surface area contributed by atoms with Crippen LogP contribution in [0.25, 0.3) is 0 Å². The average molecular weight is 319 g/mol. The number of hydrogen-bond donors (Lipinski definition) is 1. The van der Waals surface area contributed by atoms with Crippen LogP contribution in [0, 0.1) is 0 Å². The van der Waals surface area contributed by atoms with Crippen molar-refractivity contribution in [3.05, 3.63) is 58.9 Å². The van der Waals surface area contributed by atoms with Crippen LogP contribution in [0.15, 0.2) is 42.7 Å². The number of benzene rings is 1. The van der Waals surface area contributed by atoms with Gasteiger partial charge in [0, 0.05) is 17.3 Å². The summed E-state index contributed by atoms with van der Waals surface area (Å²) in [4.78, 5) is 4.24. The lowest BCUT2D eigenvalue weighted by Gasteiger charge is -2.19. The summed E-state index contributed by atoms with van der Waals surface area (Å²) in [6.45, 7) is 6.90. The first kappa shape index (κ1) is 16.8. The van der Waals surface area contributed by atoms with Crippen LogP contribution >= 0.6 is 11.6 Å². The van der Waals surface area contributed by atoms with Crippen molar-refractivity contribution >= 4 is 11.6 Å². The van der Waals surface area contributed by atoms with Crippen LogP contribution in [-0.4, -0.2) is 17.6 Å². The standard InChI is InChI=1S/C18H23ClN2O/c1-18(2,3)14-9-17(11-21-10-14)22-12-16(20)8-13-5-4-6-15(19)7-13/h4-7,9-11,16H,8,12,20H2,1-3H3/t16-/m0/s1. The maximum Gasteiger partial charge on any atom is 0.137 e. The minimum Gasteiger partial charge on any atom is -0.490 e. The Labute approximate surface area is 137 Å². The molecule has 0 saturated carbocycles. The van der Waals surface area contributed by atoms with E-state index in [1.807, 2.05) is 36.5 Å². The van der Waals surface area contributed by atoms with Crippen molar-refractivity contribution in [3.63, 3.8) is 0 Å². The molecule has 1 atom stereocenters. The van der Waals surface area contributed by atoms with Crippen molar-refractivity contribution in [2.24, 2.45) is 5.73 Å². The smallest absolute Gasteiger partial charge is 0.137 e. The lowest BCUT2D eigenvalue weighted by atomic mass is 9.88. The monoisotopic (exact) mass is 318 g/mol. The summed E-state index contributed by atoms with van der Waals surface area (Å²) in [5, 5.41) is 0.729. The Kier molecular flexibility index (Phi) is 5.43. The van der Waals surface area contributed by atoms with E-state index in [9.17, 15) is 0 Å². The van der Waals surface area contributed by atoms with Crippen molar-refractivity contribution in [1.29, 1.82) is 0 Å². The molecule has 0 aliphatic rings. The minimum absolute atomic E-state index is 0.0509. The highest BCUT2D eigenvalue weighted by atomic mass is 35.5. The maximum absolute atomic E-state index is 6.14. The molecule has 2 rings (SSSR count). The maximum atomic E-state index is 6.14. The van der Waals surface area contributed by atoms with E-state index in [0.717, 1.165) is 28.3 Å². The molecule has 1 aromatic heterocycles. The van der Waals surface area contributed by atoms with Gasteiger partial charge in [0.15, 0.2) is 0 Å². The molecule has 0 amide bonds. The molecule has 0 unspecified atom stereocenters. The van der Waals surface area contributed by atoms with E-state index in [1.165, 1.54) is 0 Å². The Balaban J connectivity index is 1.92. The number of pyridine rings is 1. The van der Waals surface area contributed by atoms with Gasteiger partial charge >= 0.3 is 0 Å². The van der Waals surface area contributed by atoms with E-state index in [0.29, 0.717) is 6.61 Å². The summed E-state index contributed by atoms with van der Waals surface area (Å²) in [6, 6.07) is 9.69. The minimum atomic E-state index is -0.0863. The van der Waals surface area contributed by atoms with Crippen LogP contribution < -0.4 is 10.5 Å². The van der Waals surface area contributed by atoms with Gasteiger partial charge in [0.2, 0.25) is 0 Å². The summed E-state index contributed by atoms with van der Waals surface area (Å²) >= 11 is 5.98. The van der Waals surface area contributed by atoms with Gasteiger partial charge in [0.25, 0.3) is 0 Å². The number of nitrogens with zero attached hydrogens (tertiary/aromatic N) is 1. The molecule has 0 fully saturated rings. The second kappa shape index (κ2) is 7.12. The molecular formula is C18H23ClN2O. The van der Waals surface area contributed by atoms with E-state index < -0.39 is 0 Å². The number of ether oxygens (including phenoxy) is 1. The number of rotatable bonds is 5. The number of halogens is 1. The molecule has 0 aliphatic heterocycles. The van der Waals surface area contributed by atoms with Gasteiger partial charge in [-0.15, -0.1) is 0 Å². The van der Waals surface area contributed by atoms with Crippen LogP contribution in [-0.2, 0) is 11.8 Å². The predicted molar refractivity (Wildman–Crippen MR) is 91.6 cm³/mol. The molecule has 1 heterocycles. The Bertz CT molecular complexity index is 622. The van der Waals surface area contributed by atoms with E-state index >= 15 is 0 Å². The van der Waals surface area contributed by atoms with E-state index in [2.05, 4.69) is 25.8 Å². The normalized spacial score (nSPS) is 13.0. The molecule has 0 aliphatic carbocycles. The quantitative estimate of drug-likeness (QED) is 0.907. The Morgan fingerprint density at radius 2 is 2.00 bits per heavy atom. The van der Waals surface area contributed by atoms with Gasteiger partial charge in [-0.2, -0.15) is 0 Å². The number of aromatic nitrogens is 1. The third kappa shape index (κ3) is 5.00. The third-order valence-corrected chi connectivity index (χ3v) is 3.67. The van der Waals surface area contributed by atoms with Crippen molar-refractivity contribution in [2.75, 3.05) is 6.61 Å². The molecule has 0 saturated heterocycles. The zero-order chi connectivity index (χ0) is 16.2. The average Bonchev–Trinajstić information content (AvgIpc) is 2.45. The molecule has 0 bridgehead atoms. The number of nitrogens with two attached hydrogens (primary N) is 1. The van der Waals surface area contributed by atoms with Gasteiger partial charge in [-0.25, -0.2) is 0 Å². The second-order valence-electron chi connectivity index (χ2n) is 6.56. The summed E-state index contributed by atoms with van der Waals surface area (Å²) < 4.78 is 5.79. The summed E-state index contributed by atoms with van der Waals surface area (Å²) in [5.41, 5.74) is 8.45. The molecule has 118 valence electrons. The topological polar surface area (TPSA) is 48.1 Å².